The van der Waals surface area contributed by atoms with Crippen molar-refractivity contribution >= 4 is 12.3 Å². The fourth-order valence-corrected chi connectivity index (χ4v) is 1.45. The predicted molar refractivity (Wildman–Crippen MR) is 73.8 cm³/mol. The van der Waals surface area contributed by atoms with Crippen LogP contribution in [0.3, 0.4) is 0 Å². The van der Waals surface area contributed by atoms with E-state index in [0.717, 1.165) is 11.1 Å². The van der Waals surface area contributed by atoms with E-state index in [4.69, 9.17) is 4.74 Å². The molecule has 0 fully saturated rings. The maximum absolute atomic E-state index is 11.4. The van der Waals surface area contributed by atoms with Gasteiger partial charge in [-0.2, -0.15) is 5.10 Å². The zero-order valence-electron chi connectivity index (χ0n) is 10.3. The molecular weight excluding hydrogens is 240 g/mol. The van der Waals surface area contributed by atoms with Crippen LogP contribution >= 0.6 is 0 Å². The average molecular weight is 254 g/mol. The van der Waals surface area contributed by atoms with Crippen LogP contribution in [0.2, 0.25) is 0 Å². The zero-order valence-corrected chi connectivity index (χ0v) is 10.3. The van der Waals surface area contributed by atoms with Gasteiger partial charge in [-0.05, 0) is 11.1 Å². The quantitative estimate of drug-likeness (QED) is 0.673. The number of carbonyl (C=O) groups excluding carboxylic acids is 1. The smallest absolute Gasteiger partial charge is 0.428 e. The van der Waals surface area contributed by atoms with Gasteiger partial charge in [-0.3, -0.25) is 0 Å². The topological polar surface area (TPSA) is 50.7 Å². The Morgan fingerprint density at radius 1 is 1.05 bits per heavy atom. The number of amides is 1. The molecule has 0 saturated heterocycles. The Hall–Kier alpha value is -2.62. The highest BCUT2D eigenvalue weighted by molar-refractivity contribution is 5.80. The minimum Gasteiger partial charge on any atom is -0.443 e. The fraction of sp³-hybridized carbons (Fsp3) is 0.0667. The summed E-state index contributed by atoms with van der Waals surface area (Å²) in [4.78, 5) is 11.4. The summed E-state index contributed by atoms with van der Waals surface area (Å²) in [6.45, 7) is 0.230. The molecule has 2 rings (SSSR count). The molecule has 2 aromatic carbocycles. The van der Waals surface area contributed by atoms with Crippen molar-refractivity contribution < 1.29 is 9.53 Å². The van der Waals surface area contributed by atoms with E-state index in [1.54, 1.807) is 6.21 Å². The molecule has 1 amide bonds. The van der Waals surface area contributed by atoms with Crippen molar-refractivity contribution in [1.82, 2.24) is 5.43 Å². The van der Waals surface area contributed by atoms with Crippen LogP contribution in [0.15, 0.2) is 65.8 Å². The van der Waals surface area contributed by atoms with Crippen LogP contribution in [0.25, 0.3) is 0 Å². The number of benzene rings is 2. The van der Waals surface area contributed by atoms with Gasteiger partial charge in [0.05, 0.1) is 6.21 Å². The number of rotatable bonds is 4. The van der Waals surface area contributed by atoms with Gasteiger partial charge >= 0.3 is 6.09 Å². The summed E-state index contributed by atoms with van der Waals surface area (Å²) in [5.41, 5.74) is 4.15. The largest absolute Gasteiger partial charge is 0.443 e. The summed E-state index contributed by atoms with van der Waals surface area (Å²) in [6, 6.07) is 19.0. The standard InChI is InChI=1S/C15H14N2O2/c18-15(19-12-14-9-5-2-6-10-14)17-16-11-13-7-3-1-4-8-13/h1-11H,12H2,(H,17,18). The third kappa shape index (κ3) is 4.63. The Morgan fingerprint density at radius 2 is 1.68 bits per heavy atom. The van der Waals surface area contributed by atoms with Gasteiger partial charge in [-0.15, -0.1) is 0 Å². The van der Waals surface area contributed by atoms with E-state index < -0.39 is 6.09 Å². The molecule has 4 nitrogen and oxygen atoms in total. The summed E-state index contributed by atoms with van der Waals surface area (Å²) in [5.74, 6) is 0. The summed E-state index contributed by atoms with van der Waals surface area (Å²) >= 11 is 0. The highest BCUT2D eigenvalue weighted by atomic mass is 16.5. The number of carbonyl (C=O) groups is 1. The van der Waals surface area contributed by atoms with Gasteiger partial charge < -0.3 is 4.74 Å². The van der Waals surface area contributed by atoms with Crippen LogP contribution in [0.5, 0.6) is 0 Å². The molecule has 0 unspecified atom stereocenters. The van der Waals surface area contributed by atoms with E-state index in [9.17, 15) is 4.79 Å². The van der Waals surface area contributed by atoms with Crippen molar-refractivity contribution in [2.24, 2.45) is 5.10 Å². The SMILES string of the molecule is O=C(NN=Cc1ccccc1)OCc1ccccc1. The normalized spacial score (nSPS) is 10.3. The molecule has 1 N–H and O–H groups in total. The van der Waals surface area contributed by atoms with Crippen LogP contribution in [-0.2, 0) is 11.3 Å². The summed E-state index contributed by atoms with van der Waals surface area (Å²) in [7, 11) is 0. The molecule has 96 valence electrons. The number of nitrogens with one attached hydrogen (secondary N) is 1. The summed E-state index contributed by atoms with van der Waals surface area (Å²) in [6.07, 6.45) is 0.986. The third-order valence-electron chi connectivity index (χ3n) is 2.38. The molecule has 0 aromatic heterocycles. The monoisotopic (exact) mass is 254 g/mol. The van der Waals surface area contributed by atoms with Crippen molar-refractivity contribution in [2.75, 3.05) is 0 Å². The second kappa shape index (κ2) is 6.96. The minimum atomic E-state index is -0.573. The second-order valence-corrected chi connectivity index (χ2v) is 3.84. The van der Waals surface area contributed by atoms with E-state index in [2.05, 4.69) is 10.5 Å². The highest BCUT2D eigenvalue weighted by Crippen LogP contribution is 2.00. The first-order chi connectivity index (χ1) is 9.34. The van der Waals surface area contributed by atoms with Gasteiger partial charge in [0.1, 0.15) is 6.61 Å². The number of ether oxygens (including phenoxy) is 1. The van der Waals surface area contributed by atoms with E-state index >= 15 is 0 Å². The van der Waals surface area contributed by atoms with Crippen molar-refractivity contribution in [2.45, 2.75) is 6.61 Å². The van der Waals surface area contributed by atoms with Crippen LogP contribution in [0.4, 0.5) is 4.79 Å². The van der Waals surface area contributed by atoms with Gasteiger partial charge in [-0.1, -0.05) is 60.7 Å². The van der Waals surface area contributed by atoms with Crippen LogP contribution in [0.1, 0.15) is 11.1 Å². The number of hydrogen-bond acceptors (Lipinski definition) is 3. The molecule has 2 aromatic rings. The van der Waals surface area contributed by atoms with Gasteiger partial charge in [-0.25, -0.2) is 10.2 Å². The van der Waals surface area contributed by atoms with Crippen molar-refractivity contribution in [1.29, 1.82) is 0 Å². The molecule has 0 aliphatic rings. The van der Waals surface area contributed by atoms with Gasteiger partial charge in [0.15, 0.2) is 0 Å². The Morgan fingerprint density at radius 3 is 2.37 bits per heavy atom. The number of nitrogens with zero attached hydrogens (tertiary/aromatic N) is 1. The molecule has 19 heavy (non-hydrogen) atoms. The predicted octanol–water partition coefficient (Wildman–Crippen LogP) is 2.95. The lowest BCUT2D eigenvalue weighted by Gasteiger charge is -2.03. The first-order valence-electron chi connectivity index (χ1n) is 5.89. The molecule has 0 atom stereocenters. The molecule has 0 saturated carbocycles. The fourth-order valence-electron chi connectivity index (χ4n) is 1.45. The van der Waals surface area contributed by atoms with Crippen LogP contribution in [0, 0.1) is 0 Å². The van der Waals surface area contributed by atoms with Crippen molar-refractivity contribution in [3.63, 3.8) is 0 Å². The lowest BCUT2D eigenvalue weighted by Crippen LogP contribution is -2.18. The zero-order chi connectivity index (χ0) is 13.3. The Balaban J connectivity index is 1.75. The molecule has 0 aliphatic heterocycles. The summed E-state index contributed by atoms with van der Waals surface area (Å²) in [5, 5.41) is 3.80. The molecular formula is C15H14N2O2. The van der Waals surface area contributed by atoms with Crippen molar-refractivity contribution in [3.8, 4) is 0 Å². The van der Waals surface area contributed by atoms with Gasteiger partial charge in [0.2, 0.25) is 0 Å². The minimum absolute atomic E-state index is 0.230. The Labute approximate surface area is 111 Å². The maximum atomic E-state index is 11.4. The van der Waals surface area contributed by atoms with E-state index in [1.807, 2.05) is 60.7 Å². The van der Waals surface area contributed by atoms with Gasteiger partial charge in [0, 0.05) is 0 Å². The van der Waals surface area contributed by atoms with E-state index in [1.165, 1.54) is 0 Å². The van der Waals surface area contributed by atoms with Gasteiger partial charge in [0.25, 0.3) is 0 Å². The highest BCUT2D eigenvalue weighted by Gasteiger charge is 1.99. The van der Waals surface area contributed by atoms with Crippen LogP contribution < -0.4 is 5.43 Å². The first-order valence-corrected chi connectivity index (χ1v) is 5.89. The third-order valence-corrected chi connectivity index (χ3v) is 2.38. The van der Waals surface area contributed by atoms with Crippen molar-refractivity contribution in [3.05, 3.63) is 71.8 Å². The maximum Gasteiger partial charge on any atom is 0.428 e. The van der Waals surface area contributed by atoms with E-state index in [0.29, 0.717) is 0 Å². The molecule has 0 heterocycles. The van der Waals surface area contributed by atoms with Crippen LogP contribution in [-0.4, -0.2) is 12.3 Å². The average Bonchev–Trinajstić information content (AvgIpc) is 2.47. The second-order valence-electron chi connectivity index (χ2n) is 3.84. The van der Waals surface area contributed by atoms with E-state index in [-0.39, 0.29) is 6.61 Å². The summed E-state index contributed by atoms with van der Waals surface area (Å²) < 4.78 is 5.00. The Kier molecular flexibility index (Phi) is 4.70. The molecule has 0 spiro atoms. The number of hydrazone groups is 1. The Bertz CT molecular complexity index is 539. The lowest BCUT2D eigenvalue weighted by atomic mass is 10.2. The first kappa shape index (κ1) is 12.8. The lowest BCUT2D eigenvalue weighted by molar-refractivity contribution is 0.140. The number of hydrogen-bond donors (Lipinski definition) is 1. The molecule has 0 radical (unpaired) electrons. The molecule has 4 heteroatoms. The molecule has 0 aliphatic carbocycles. The molecule has 0 bridgehead atoms.